The summed E-state index contributed by atoms with van der Waals surface area (Å²) < 4.78 is 3.05. The van der Waals surface area contributed by atoms with E-state index >= 15 is 0 Å². The van der Waals surface area contributed by atoms with Crippen molar-refractivity contribution in [1.29, 1.82) is 5.26 Å². The third-order valence-electron chi connectivity index (χ3n) is 3.95. The molecule has 2 atom stereocenters. The van der Waals surface area contributed by atoms with Crippen LogP contribution in [0.2, 0.25) is 0 Å². The number of rotatable bonds is 6. The van der Waals surface area contributed by atoms with Crippen LogP contribution in [-0.4, -0.2) is 26.5 Å². The lowest BCUT2D eigenvalue weighted by Gasteiger charge is -2.28. The molecule has 0 fully saturated rings. The number of para-hydroxylation sites is 1. The number of aromatic nitrogens is 2. The zero-order valence-electron chi connectivity index (χ0n) is 14.5. The van der Waals surface area contributed by atoms with Gasteiger partial charge in [0.15, 0.2) is 8.29 Å². The lowest BCUT2D eigenvalue weighted by molar-refractivity contribution is -0.121. The first-order valence-corrected chi connectivity index (χ1v) is 9.93. The number of nitrogens with one attached hydrogen (secondary N) is 1. The van der Waals surface area contributed by atoms with Crippen LogP contribution >= 0.6 is 35.3 Å². The van der Waals surface area contributed by atoms with Crippen molar-refractivity contribution >= 4 is 41.2 Å². The predicted molar refractivity (Wildman–Crippen MR) is 105 cm³/mol. The first-order valence-electron chi connectivity index (χ1n) is 7.82. The largest absolute Gasteiger partial charge is 0.337 e. The Hall–Kier alpha value is -1.69. The van der Waals surface area contributed by atoms with Crippen LogP contribution in [0.5, 0.6) is 0 Å². The summed E-state index contributed by atoms with van der Waals surface area (Å²) >= 11 is 8.09. The fraction of sp³-hybridized carbons (Fsp3) is 0.412. The Morgan fingerprint density at radius 3 is 2.60 bits per heavy atom. The number of benzene rings is 1. The summed E-state index contributed by atoms with van der Waals surface area (Å²) in [5.74, 6) is -0.173. The average Bonchev–Trinajstić information content (AvgIpc) is 2.95. The van der Waals surface area contributed by atoms with Gasteiger partial charge in [-0.2, -0.15) is 5.26 Å². The molecule has 1 aromatic heterocycles. The van der Waals surface area contributed by atoms with E-state index in [0.717, 1.165) is 10.0 Å². The molecule has 1 heterocycles. The van der Waals surface area contributed by atoms with Crippen LogP contribution in [0.25, 0.3) is 5.69 Å². The molecule has 2 unspecified atom stereocenters. The summed E-state index contributed by atoms with van der Waals surface area (Å²) in [4.78, 5) is 12.4. The number of carbonyl (C=O) groups excluding carboxylic acids is 1. The van der Waals surface area contributed by atoms with E-state index in [0.29, 0.717) is 3.95 Å². The molecule has 0 aliphatic carbocycles. The minimum atomic E-state index is -0.887. The SMILES string of the molecule is CC(Sc1nn(-c2ccccc2)c(=S)s1)C(=O)NC(C)(C#N)C(C)C. The van der Waals surface area contributed by atoms with Crippen molar-refractivity contribution in [1.82, 2.24) is 15.1 Å². The highest BCUT2D eigenvalue weighted by atomic mass is 32.2. The second-order valence-corrected chi connectivity index (χ2v) is 9.31. The van der Waals surface area contributed by atoms with Gasteiger partial charge in [-0.1, -0.05) is 55.1 Å². The van der Waals surface area contributed by atoms with E-state index in [1.54, 1.807) is 18.5 Å². The summed E-state index contributed by atoms with van der Waals surface area (Å²) in [6, 6.07) is 11.8. The molecule has 132 valence electrons. The molecule has 2 aromatic rings. The third-order valence-corrected chi connectivity index (χ3v) is 6.36. The third kappa shape index (κ3) is 4.69. The summed E-state index contributed by atoms with van der Waals surface area (Å²) in [5.41, 5.74) is 0.00612. The lowest BCUT2D eigenvalue weighted by atomic mass is 9.90. The van der Waals surface area contributed by atoms with Gasteiger partial charge in [-0.3, -0.25) is 4.79 Å². The van der Waals surface area contributed by atoms with Crippen LogP contribution in [0.3, 0.4) is 0 Å². The summed E-state index contributed by atoms with van der Waals surface area (Å²) in [7, 11) is 0. The van der Waals surface area contributed by atoms with Crippen LogP contribution < -0.4 is 5.32 Å². The van der Waals surface area contributed by atoms with Crippen molar-refractivity contribution in [2.75, 3.05) is 0 Å². The van der Waals surface area contributed by atoms with Crippen molar-refractivity contribution in [3.63, 3.8) is 0 Å². The van der Waals surface area contributed by atoms with Gasteiger partial charge in [-0.25, -0.2) is 4.68 Å². The minimum absolute atomic E-state index is 0.0120. The molecule has 5 nitrogen and oxygen atoms in total. The number of hydrogen-bond acceptors (Lipinski definition) is 6. The molecule has 0 aliphatic heterocycles. The van der Waals surface area contributed by atoms with Crippen LogP contribution in [0.15, 0.2) is 34.7 Å². The van der Waals surface area contributed by atoms with Gasteiger partial charge in [0.2, 0.25) is 5.91 Å². The maximum absolute atomic E-state index is 12.4. The smallest absolute Gasteiger partial charge is 0.234 e. The maximum atomic E-state index is 12.4. The van der Waals surface area contributed by atoms with E-state index in [2.05, 4.69) is 16.5 Å². The van der Waals surface area contributed by atoms with Crippen molar-refractivity contribution < 1.29 is 4.79 Å². The van der Waals surface area contributed by atoms with Crippen molar-refractivity contribution in [3.8, 4) is 11.8 Å². The monoisotopic (exact) mass is 392 g/mol. The molecular weight excluding hydrogens is 372 g/mol. The van der Waals surface area contributed by atoms with Gasteiger partial charge < -0.3 is 5.32 Å². The van der Waals surface area contributed by atoms with E-state index < -0.39 is 5.54 Å². The van der Waals surface area contributed by atoms with Gasteiger partial charge in [0.05, 0.1) is 17.0 Å². The quantitative estimate of drug-likeness (QED) is 0.589. The van der Waals surface area contributed by atoms with E-state index in [9.17, 15) is 10.1 Å². The molecule has 0 radical (unpaired) electrons. The normalized spacial score (nSPS) is 14.6. The minimum Gasteiger partial charge on any atom is -0.337 e. The first-order chi connectivity index (χ1) is 11.8. The summed E-state index contributed by atoms with van der Waals surface area (Å²) in [6.45, 7) is 7.36. The fourth-order valence-corrected chi connectivity index (χ4v) is 4.41. The predicted octanol–water partition coefficient (Wildman–Crippen LogP) is 4.20. The lowest BCUT2D eigenvalue weighted by Crippen LogP contribution is -2.51. The van der Waals surface area contributed by atoms with Gasteiger partial charge in [-0.05, 0) is 44.1 Å². The standard InChI is InChI=1S/C17H20N4OS3/c1-11(2)17(4,10-18)19-14(22)12(3)24-15-20-21(16(23)25-15)13-8-6-5-7-9-13/h5-9,11-12H,1-4H3,(H,19,22). The molecule has 8 heteroatoms. The highest BCUT2D eigenvalue weighted by molar-refractivity contribution is 8.02. The Balaban J connectivity index is 2.11. The first kappa shape index (κ1) is 19.6. The topological polar surface area (TPSA) is 70.7 Å². The van der Waals surface area contributed by atoms with E-state index in [1.807, 2.05) is 44.2 Å². The van der Waals surface area contributed by atoms with Crippen molar-refractivity contribution in [2.45, 2.75) is 42.8 Å². The highest BCUT2D eigenvalue weighted by Gasteiger charge is 2.32. The number of carbonyl (C=O) groups is 1. The number of nitriles is 1. The average molecular weight is 393 g/mol. The number of nitrogens with zero attached hydrogens (tertiary/aromatic N) is 3. The van der Waals surface area contributed by atoms with Crippen LogP contribution in [0.4, 0.5) is 0 Å². The number of thioether (sulfide) groups is 1. The molecule has 2 rings (SSSR count). The van der Waals surface area contributed by atoms with Gasteiger partial charge in [0.1, 0.15) is 5.54 Å². The Morgan fingerprint density at radius 2 is 2.04 bits per heavy atom. The summed E-state index contributed by atoms with van der Waals surface area (Å²) in [5, 5.41) is 16.3. The molecule has 1 amide bonds. The Morgan fingerprint density at radius 1 is 1.40 bits per heavy atom. The Kier molecular flexibility index (Phi) is 6.38. The molecule has 0 aliphatic rings. The Bertz CT molecular complexity index is 838. The van der Waals surface area contributed by atoms with Gasteiger partial charge >= 0.3 is 0 Å². The molecule has 0 spiro atoms. The van der Waals surface area contributed by atoms with E-state index in [-0.39, 0.29) is 17.1 Å². The maximum Gasteiger partial charge on any atom is 0.234 e. The second-order valence-electron chi connectivity index (χ2n) is 6.10. The molecule has 0 saturated heterocycles. The molecular formula is C17H20N4OS3. The molecule has 1 N–H and O–H groups in total. The van der Waals surface area contributed by atoms with Crippen molar-refractivity contribution in [2.24, 2.45) is 5.92 Å². The number of amides is 1. The van der Waals surface area contributed by atoms with E-state index in [1.165, 1.54) is 23.1 Å². The zero-order chi connectivity index (χ0) is 18.6. The molecule has 0 saturated carbocycles. The van der Waals surface area contributed by atoms with Crippen LogP contribution in [0, 0.1) is 21.2 Å². The van der Waals surface area contributed by atoms with Crippen LogP contribution in [-0.2, 0) is 4.79 Å². The highest BCUT2D eigenvalue weighted by Crippen LogP contribution is 2.28. The van der Waals surface area contributed by atoms with Gasteiger partial charge in [-0.15, -0.1) is 5.10 Å². The Labute approximate surface area is 161 Å². The fourth-order valence-electron chi connectivity index (χ4n) is 1.90. The number of hydrogen-bond donors (Lipinski definition) is 1. The summed E-state index contributed by atoms with van der Waals surface area (Å²) in [6.07, 6.45) is 0. The van der Waals surface area contributed by atoms with Gasteiger partial charge in [0.25, 0.3) is 0 Å². The molecule has 25 heavy (non-hydrogen) atoms. The molecule has 0 bridgehead atoms. The second kappa shape index (κ2) is 8.13. The van der Waals surface area contributed by atoms with Crippen LogP contribution in [0.1, 0.15) is 27.7 Å². The molecule has 1 aromatic carbocycles. The van der Waals surface area contributed by atoms with Crippen molar-refractivity contribution in [3.05, 3.63) is 34.3 Å². The van der Waals surface area contributed by atoms with Gasteiger partial charge in [0, 0.05) is 0 Å². The zero-order valence-corrected chi connectivity index (χ0v) is 17.0. The van der Waals surface area contributed by atoms with E-state index in [4.69, 9.17) is 12.2 Å².